The number of aromatic nitrogens is 1. The number of rotatable bonds is 2. The van der Waals surface area contributed by atoms with E-state index in [2.05, 4.69) is 11.4 Å². The van der Waals surface area contributed by atoms with Crippen LogP contribution in [0.4, 0.5) is 0 Å². The van der Waals surface area contributed by atoms with Crippen molar-refractivity contribution < 1.29 is 4.79 Å². The Labute approximate surface area is 129 Å². The van der Waals surface area contributed by atoms with Gasteiger partial charge in [-0.3, -0.25) is 4.79 Å². The van der Waals surface area contributed by atoms with Crippen LogP contribution in [0.3, 0.4) is 0 Å². The minimum atomic E-state index is -0.119. The minimum Gasteiger partial charge on any atom is -0.355 e. The van der Waals surface area contributed by atoms with Gasteiger partial charge in [0.1, 0.15) is 11.1 Å². The second-order valence-corrected chi connectivity index (χ2v) is 6.89. The van der Waals surface area contributed by atoms with E-state index in [1.165, 1.54) is 17.3 Å². The summed E-state index contributed by atoms with van der Waals surface area (Å²) in [5.41, 5.74) is 4.11. The third-order valence-corrected chi connectivity index (χ3v) is 5.57. The number of aryl methyl sites for hydroxylation is 1. The molecule has 1 amide bonds. The second kappa shape index (κ2) is 6.07. The van der Waals surface area contributed by atoms with Crippen molar-refractivity contribution >= 4 is 17.7 Å². The van der Waals surface area contributed by atoms with Gasteiger partial charge in [-0.1, -0.05) is 18.2 Å². The molecule has 3 rings (SSSR count). The first-order valence-electron chi connectivity index (χ1n) is 7.57. The first-order valence-corrected chi connectivity index (χ1v) is 8.45. The monoisotopic (exact) mass is 301 g/mol. The predicted molar refractivity (Wildman–Crippen MR) is 82.2 cm³/mol. The van der Waals surface area contributed by atoms with Crippen LogP contribution in [0.5, 0.6) is 0 Å². The molecule has 1 aliphatic carbocycles. The van der Waals surface area contributed by atoms with E-state index < -0.39 is 0 Å². The van der Waals surface area contributed by atoms with Crippen molar-refractivity contribution in [3.63, 3.8) is 0 Å². The highest BCUT2D eigenvalue weighted by molar-refractivity contribution is 8.00. The number of pyridine rings is 1. The van der Waals surface area contributed by atoms with Gasteiger partial charge < -0.3 is 5.32 Å². The van der Waals surface area contributed by atoms with Gasteiger partial charge in [-0.25, -0.2) is 4.98 Å². The maximum Gasteiger partial charge on any atom is 0.233 e. The molecule has 2 aliphatic rings. The number of carbonyl (C=O) groups excluding carboxylic acids is 1. The molecular weight excluding hydrogens is 282 g/mol. The molecule has 2 heterocycles. The fourth-order valence-corrected chi connectivity index (χ4v) is 4.34. The number of nitrogens with zero attached hydrogens (tertiary/aromatic N) is 2. The first-order chi connectivity index (χ1) is 10.2. The van der Waals surface area contributed by atoms with Crippen molar-refractivity contribution in [3.05, 3.63) is 22.4 Å². The molecular formula is C16H19N3OS. The number of hydrogen-bond donors (Lipinski definition) is 1. The van der Waals surface area contributed by atoms with Gasteiger partial charge in [-0.2, -0.15) is 5.26 Å². The molecule has 0 radical (unpaired) electrons. The summed E-state index contributed by atoms with van der Waals surface area (Å²) in [6.45, 7) is 2.78. The second-order valence-electron chi connectivity index (χ2n) is 5.70. The summed E-state index contributed by atoms with van der Waals surface area (Å²) in [6.07, 6.45) is 6.07. The molecule has 1 aromatic rings. The highest BCUT2D eigenvalue weighted by atomic mass is 32.2. The molecule has 1 atom stereocenters. The molecule has 1 aliphatic heterocycles. The quantitative estimate of drug-likeness (QED) is 0.911. The van der Waals surface area contributed by atoms with Crippen molar-refractivity contribution in [2.24, 2.45) is 0 Å². The Kier molecular flexibility index (Phi) is 4.16. The Morgan fingerprint density at radius 3 is 3.00 bits per heavy atom. The van der Waals surface area contributed by atoms with Crippen LogP contribution in [0.2, 0.25) is 0 Å². The summed E-state index contributed by atoms with van der Waals surface area (Å²) in [5.74, 6) is 0.0846. The molecule has 5 heteroatoms. The van der Waals surface area contributed by atoms with Crippen molar-refractivity contribution in [2.45, 2.75) is 55.7 Å². The fraction of sp³-hybridized carbons (Fsp3) is 0.562. The van der Waals surface area contributed by atoms with Gasteiger partial charge in [0.2, 0.25) is 5.91 Å². The zero-order valence-corrected chi connectivity index (χ0v) is 13.1. The van der Waals surface area contributed by atoms with Gasteiger partial charge in [0, 0.05) is 12.2 Å². The molecule has 0 bridgehead atoms. The van der Waals surface area contributed by atoms with Crippen LogP contribution in [0.25, 0.3) is 0 Å². The van der Waals surface area contributed by atoms with Crippen LogP contribution < -0.4 is 5.32 Å². The lowest BCUT2D eigenvalue weighted by atomic mass is 10.0. The number of nitriles is 1. The highest BCUT2D eigenvalue weighted by Gasteiger charge is 2.26. The molecule has 1 fully saturated rings. The summed E-state index contributed by atoms with van der Waals surface area (Å²) < 4.78 is 0. The largest absolute Gasteiger partial charge is 0.355 e. The SMILES string of the molecule is Cc1c(C#N)c(SC2CCCCNC2=O)nc2c1CCC2. The van der Waals surface area contributed by atoms with E-state index in [1.54, 1.807) is 0 Å². The molecule has 1 unspecified atom stereocenters. The fourth-order valence-electron chi connectivity index (χ4n) is 3.12. The third-order valence-electron chi connectivity index (χ3n) is 4.32. The van der Waals surface area contributed by atoms with Crippen molar-refractivity contribution in [1.82, 2.24) is 10.3 Å². The summed E-state index contributed by atoms with van der Waals surface area (Å²) >= 11 is 1.47. The van der Waals surface area contributed by atoms with E-state index in [-0.39, 0.29) is 11.2 Å². The normalized spacial score (nSPS) is 21.3. The van der Waals surface area contributed by atoms with Crippen LogP contribution >= 0.6 is 11.8 Å². The van der Waals surface area contributed by atoms with E-state index in [0.29, 0.717) is 5.56 Å². The molecule has 4 nitrogen and oxygen atoms in total. The smallest absolute Gasteiger partial charge is 0.233 e. The van der Waals surface area contributed by atoms with Crippen LogP contribution in [0.1, 0.15) is 48.1 Å². The van der Waals surface area contributed by atoms with Crippen molar-refractivity contribution in [1.29, 1.82) is 5.26 Å². The maximum atomic E-state index is 12.1. The number of nitrogens with one attached hydrogen (secondary N) is 1. The molecule has 1 aromatic heterocycles. The standard InChI is InChI=1S/C16H19N3OS/c1-10-11-5-4-6-13(11)19-16(12(10)9-17)21-14-7-2-3-8-18-15(14)20/h14H,2-8H2,1H3,(H,18,20). The lowest BCUT2D eigenvalue weighted by Gasteiger charge is -2.15. The first kappa shape index (κ1) is 14.4. The van der Waals surface area contributed by atoms with Gasteiger partial charge in [-0.05, 0) is 50.2 Å². The van der Waals surface area contributed by atoms with Crippen molar-refractivity contribution in [3.8, 4) is 6.07 Å². The molecule has 0 aromatic carbocycles. The Morgan fingerprint density at radius 1 is 1.33 bits per heavy atom. The summed E-state index contributed by atoms with van der Waals surface area (Å²) in [4.78, 5) is 16.8. The van der Waals surface area contributed by atoms with E-state index >= 15 is 0 Å². The molecule has 21 heavy (non-hydrogen) atoms. The average molecular weight is 301 g/mol. The maximum absolute atomic E-state index is 12.1. The highest BCUT2D eigenvalue weighted by Crippen LogP contribution is 2.35. The average Bonchev–Trinajstić information content (AvgIpc) is 2.85. The van der Waals surface area contributed by atoms with Crippen LogP contribution in [-0.2, 0) is 17.6 Å². The molecule has 0 spiro atoms. The van der Waals surface area contributed by atoms with E-state index in [0.717, 1.165) is 61.4 Å². The Bertz CT molecular complexity index is 621. The molecule has 1 N–H and O–H groups in total. The number of fused-ring (bicyclic) bond motifs is 1. The number of thioether (sulfide) groups is 1. The predicted octanol–water partition coefficient (Wildman–Crippen LogP) is 2.51. The summed E-state index contributed by atoms with van der Waals surface area (Å²) in [7, 11) is 0. The van der Waals surface area contributed by atoms with E-state index in [9.17, 15) is 10.1 Å². The van der Waals surface area contributed by atoms with E-state index in [1.807, 2.05) is 6.92 Å². The number of amides is 1. The zero-order chi connectivity index (χ0) is 14.8. The third kappa shape index (κ3) is 2.77. The lowest BCUT2D eigenvalue weighted by Crippen LogP contribution is -2.30. The van der Waals surface area contributed by atoms with Crippen LogP contribution in [-0.4, -0.2) is 22.7 Å². The topological polar surface area (TPSA) is 65.8 Å². The van der Waals surface area contributed by atoms with E-state index in [4.69, 9.17) is 4.98 Å². The van der Waals surface area contributed by atoms with Crippen LogP contribution in [0.15, 0.2) is 5.03 Å². The summed E-state index contributed by atoms with van der Waals surface area (Å²) in [5, 5.41) is 13.1. The minimum absolute atomic E-state index is 0.0846. The Hall–Kier alpha value is -1.54. The molecule has 1 saturated heterocycles. The zero-order valence-electron chi connectivity index (χ0n) is 12.2. The van der Waals surface area contributed by atoms with Gasteiger partial charge >= 0.3 is 0 Å². The summed E-state index contributed by atoms with van der Waals surface area (Å²) in [6, 6.07) is 2.30. The number of hydrogen-bond acceptors (Lipinski definition) is 4. The van der Waals surface area contributed by atoms with Crippen molar-refractivity contribution in [2.75, 3.05) is 6.54 Å². The van der Waals surface area contributed by atoms with Gasteiger partial charge in [0.25, 0.3) is 0 Å². The Morgan fingerprint density at radius 2 is 2.19 bits per heavy atom. The van der Waals surface area contributed by atoms with Crippen LogP contribution in [0, 0.1) is 18.3 Å². The van der Waals surface area contributed by atoms with Gasteiger partial charge in [0.15, 0.2) is 0 Å². The lowest BCUT2D eigenvalue weighted by molar-refractivity contribution is -0.120. The van der Waals surface area contributed by atoms with Gasteiger partial charge in [-0.15, -0.1) is 0 Å². The number of carbonyl (C=O) groups is 1. The Balaban J connectivity index is 1.93. The van der Waals surface area contributed by atoms with Gasteiger partial charge in [0.05, 0.1) is 10.8 Å². The molecule has 0 saturated carbocycles. The molecule has 110 valence electrons.